The molecule has 0 saturated carbocycles. The number of nitrogens with zero attached hydrogens (tertiary/aromatic N) is 3. The monoisotopic (exact) mass is 290 g/mol. The molecule has 2 rings (SSSR count). The van der Waals surface area contributed by atoms with E-state index in [9.17, 15) is 13.2 Å². The molecule has 8 heteroatoms. The molecule has 0 atom stereocenters. The number of ether oxygens (including phenoxy) is 1. The number of aromatic nitrogens is 2. The fourth-order valence-electron chi connectivity index (χ4n) is 2.29. The Morgan fingerprint density at radius 2 is 2.00 bits per heavy atom. The van der Waals surface area contributed by atoms with Gasteiger partial charge in [0.1, 0.15) is 18.2 Å². The van der Waals surface area contributed by atoms with Crippen LogP contribution in [0.5, 0.6) is 0 Å². The molecule has 0 bridgehead atoms. The van der Waals surface area contributed by atoms with E-state index in [1.807, 2.05) is 0 Å². The zero-order valence-electron chi connectivity index (χ0n) is 11.2. The Labute approximate surface area is 114 Å². The van der Waals surface area contributed by atoms with Gasteiger partial charge < -0.3 is 15.4 Å². The van der Waals surface area contributed by atoms with Crippen LogP contribution in [0.4, 0.5) is 24.8 Å². The number of anilines is 2. The summed E-state index contributed by atoms with van der Waals surface area (Å²) in [5.74, 6) is 0.0574. The van der Waals surface area contributed by atoms with E-state index in [-0.39, 0.29) is 19.4 Å². The third-order valence-corrected chi connectivity index (χ3v) is 3.33. The van der Waals surface area contributed by atoms with Gasteiger partial charge in [-0.3, -0.25) is 0 Å². The maximum atomic E-state index is 12.6. The van der Waals surface area contributed by atoms with E-state index in [4.69, 9.17) is 10.5 Å². The second kappa shape index (κ2) is 5.82. The van der Waals surface area contributed by atoms with E-state index in [0.717, 1.165) is 0 Å². The number of nitrogens with two attached hydrogens (primary N) is 1. The Bertz CT molecular complexity index is 459. The lowest BCUT2D eigenvalue weighted by atomic mass is 9.96. The topological polar surface area (TPSA) is 64.3 Å². The lowest BCUT2D eigenvalue weighted by Crippen LogP contribution is -2.39. The quantitative estimate of drug-likeness (QED) is 0.922. The second-order valence-corrected chi connectivity index (χ2v) is 4.80. The molecule has 1 aliphatic heterocycles. The summed E-state index contributed by atoms with van der Waals surface area (Å²) in [7, 11) is 1.51. The number of hydrogen-bond acceptors (Lipinski definition) is 5. The molecule has 0 aliphatic carbocycles. The summed E-state index contributed by atoms with van der Waals surface area (Å²) in [5.41, 5.74) is 5.68. The van der Waals surface area contributed by atoms with Crippen molar-refractivity contribution in [1.29, 1.82) is 0 Å². The van der Waals surface area contributed by atoms with Crippen molar-refractivity contribution in [3.05, 3.63) is 11.9 Å². The van der Waals surface area contributed by atoms with Crippen molar-refractivity contribution in [3.63, 3.8) is 0 Å². The van der Waals surface area contributed by atoms with Gasteiger partial charge in [0.15, 0.2) is 5.82 Å². The van der Waals surface area contributed by atoms with Crippen molar-refractivity contribution in [2.24, 2.45) is 5.92 Å². The highest BCUT2D eigenvalue weighted by Gasteiger charge is 2.41. The number of halogens is 3. The van der Waals surface area contributed by atoms with Crippen LogP contribution in [0.3, 0.4) is 0 Å². The van der Waals surface area contributed by atoms with Gasteiger partial charge in [0.25, 0.3) is 0 Å². The minimum absolute atomic E-state index is 0.0764. The van der Waals surface area contributed by atoms with Crippen molar-refractivity contribution in [2.75, 3.05) is 30.8 Å². The molecule has 1 aliphatic rings. The van der Waals surface area contributed by atoms with E-state index in [0.29, 0.717) is 30.5 Å². The fourth-order valence-corrected chi connectivity index (χ4v) is 2.29. The minimum atomic E-state index is -4.11. The summed E-state index contributed by atoms with van der Waals surface area (Å²) in [4.78, 5) is 10.1. The number of methoxy groups -OCH3 is 1. The van der Waals surface area contributed by atoms with Crippen molar-refractivity contribution in [2.45, 2.75) is 25.6 Å². The van der Waals surface area contributed by atoms with Gasteiger partial charge in [-0.2, -0.15) is 13.2 Å². The fraction of sp³-hybridized carbons (Fsp3) is 0.667. The van der Waals surface area contributed by atoms with Gasteiger partial charge in [-0.1, -0.05) is 0 Å². The maximum absolute atomic E-state index is 12.6. The average molecular weight is 290 g/mol. The van der Waals surface area contributed by atoms with E-state index in [1.54, 1.807) is 11.0 Å². The van der Waals surface area contributed by atoms with Crippen LogP contribution in [-0.4, -0.2) is 36.3 Å². The maximum Gasteiger partial charge on any atom is 0.391 e. The van der Waals surface area contributed by atoms with Crippen LogP contribution in [-0.2, 0) is 11.3 Å². The number of hydrogen-bond donors (Lipinski definition) is 1. The molecule has 1 aromatic heterocycles. The largest absolute Gasteiger partial charge is 0.391 e. The van der Waals surface area contributed by atoms with Crippen LogP contribution in [0, 0.1) is 5.92 Å². The first-order valence-electron chi connectivity index (χ1n) is 6.34. The lowest BCUT2D eigenvalue weighted by molar-refractivity contribution is -0.179. The van der Waals surface area contributed by atoms with Crippen LogP contribution in [0.25, 0.3) is 0 Å². The third-order valence-electron chi connectivity index (χ3n) is 3.33. The summed E-state index contributed by atoms with van der Waals surface area (Å²) in [6.07, 6.45) is -3.96. The molecule has 0 radical (unpaired) electrons. The normalized spacial score (nSPS) is 17.5. The minimum Gasteiger partial charge on any atom is -0.384 e. The van der Waals surface area contributed by atoms with Crippen molar-refractivity contribution in [3.8, 4) is 0 Å². The van der Waals surface area contributed by atoms with Crippen LogP contribution in [0.2, 0.25) is 0 Å². The van der Waals surface area contributed by atoms with E-state index >= 15 is 0 Å². The summed E-state index contributed by atoms with van der Waals surface area (Å²) in [6.45, 7) is 0.844. The van der Waals surface area contributed by atoms with E-state index < -0.39 is 12.1 Å². The van der Waals surface area contributed by atoms with Crippen LogP contribution in [0.15, 0.2) is 6.07 Å². The molecule has 0 amide bonds. The van der Waals surface area contributed by atoms with Crippen LogP contribution in [0.1, 0.15) is 18.7 Å². The summed E-state index contributed by atoms with van der Waals surface area (Å²) in [6, 6.07) is 1.58. The number of nitrogen functional groups attached to an aromatic ring is 1. The van der Waals surface area contributed by atoms with Gasteiger partial charge >= 0.3 is 6.18 Å². The number of piperidine rings is 1. The SMILES string of the molecule is COCc1nc(N)cc(N2CCC(C(F)(F)F)CC2)n1. The zero-order valence-corrected chi connectivity index (χ0v) is 11.2. The molecule has 2 heterocycles. The first-order chi connectivity index (χ1) is 9.40. The Balaban J connectivity index is 2.07. The van der Waals surface area contributed by atoms with Crippen LogP contribution >= 0.6 is 0 Å². The molecule has 0 spiro atoms. The van der Waals surface area contributed by atoms with Crippen molar-refractivity contribution in [1.82, 2.24) is 9.97 Å². The summed E-state index contributed by atoms with van der Waals surface area (Å²) in [5, 5.41) is 0. The Morgan fingerprint density at radius 1 is 1.35 bits per heavy atom. The predicted octanol–water partition coefficient (Wildman–Crippen LogP) is 1.98. The molecular formula is C12H17F3N4O. The Morgan fingerprint density at radius 3 is 2.55 bits per heavy atom. The molecule has 20 heavy (non-hydrogen) atoms. The third kappa shape index (κ3) is 3.50. The van der Waals surface area contributed by atoms with Crippen molar-refractivity contribution < 1.29 is 17.9 Å². The van der Waals surface area contributed by atoms with E-state index in [1.165, 1.54) is 7.11 Å². The zero-order chi connectivity index (χ0) is 14.8. The summed E-state index contributed by atoms with van der Waals surface area (Å²) >= 11 is 0. The molecule has 1 aromatic rings. The first kappa shape index (κ1) is 14.8. The highest BCUT2D eigenvalue weighted by molar-refractivity contribution is 5.47. The molecular weight excluding hydrogens is 273 g/mol. The summed E-state index contributed by atoms with van der Waals surface area (Å²) < 4.78 is 42.8. The predicted molar refractivity (Wildman–Crippen MR) is 68.1 cm³/mol. The van der Waals surface area contributed by atoms with Gasteiger partial charge in [0.05, 0.1) is 5.92 Å². The second-order valence-electron chi connectivity index (χ2n) is 4.80. The first-order valence-corrected chi connectivity index (χ1v) is 6.34. The van der Waals surface area contributed by atoms with Crippen LogP contribution < -0.4 is 10.6 Å². The molecule has 2 N–H and O–H groups in total. The Hall–Kier alpha value is -1.57. The van der Waals surface area contributed by atoms with Gasteiger partial charge in [0.2, 0.25) is 0 Å². The standard InChI is InChI=1S/C12H17F3N4O/c1-20-7-10-17-9(16)6-11(18-10)19-4-2-8(3-5-19)12(13,14)15/h6,8H,2-5,7H2,1H3,(H2,16,17,18). The van der Waals surface area contributed by atoms with E-state index in [2.05, 4.69) is 9.97 Å². The number of rotatable bonds is 3. The molecule has 5 nitrogen and oxygen atoms in total. The Kier molecular flexibility index (Phi) is 4.32. The molecule has 112 valence electrons. The molecule has 0 aromatic carbocycles. The molecule has 1 fully saturated rings. The number of alkyl halides is 3. The average Bonchev–Trinajstić information content (AvgIpc) is 2.37. The van der Waals surface area contributed by atoms with Gasteiger partial charge in [-0.15, -0.1) is 0 Å². The van der Waals surface area contributed by atoms with Gasteiger partial charge in [0, 0.05) is 26.3 Å². The van der Waals surface area contributed by atoms with Gasteiger partial charge in [-0.05, 0) is 12.8 Å². The highest BCUT2D eigenvalue weighted by Crippen LogP contribution is 2.35. The molecule has 0 unspecified atom stereocenters. The lowest BCUT2D eigenvalue weighted by Gasteiger charge is -2.33. The molecule has 1 saturated heterocycles. The van der Waals surface area contributed by atoms with Gasteiger partial charge in [-0.25, -0.2) is 9.97 Å². The highest BCUT2D eigenvalue weighted by atomic mass is 19.4. The van der Waals surface area contributed by atoms with Crippen molar-refractivity contribution >= 4 is 11.6 Å². The smallest absolute Gasteiger partial charge is 0.384 e.